The molecule has 0 aromatic rings. The highest BCUT2D eigenvalue weighted by Crippen LogP contribution is 2.27. The van der Waals surface area contributed by atoms with E-state index in [9.17, 15) is 14.7 Å². The summed E-state index contributed by atoms with van der Waals surface area (Å²) >= 11 is 0. The van der Waals surface area contributed by atoms with Gasteiger partial charge in [0.1, 0.15) is 6.04 Å². The van der Waals surface area contributed by atoms with Crippen molar-refractivity contribution in [3.8, 4) is 0 Å². The molecule has 1 rings (SSSR count). The molecule has 0 aromatic carbocycles. The molecule has 1 heterocycles. The van der Waals surface area contributed by atoms with Crippen LogP contribution in [0.2, 0.25) is 0 Å². The third-order valence-electron chi connectivity index (χ3n) is 3.99. The number of nitrogens with zero attached hydrogens (tertiary/aromatic N) is 1. The van der Waals surface area contributed by atoms with Crippen molar-refractivity contribution < 1.29 is 14.7 Å². The summed E-state index contributed by atoms with van der Waals surface area (Å²) in [6.45, 7) is 6.16. The summed E-state index contributed by atoms with van der Waals surface area (Å²) in [6.07, 6.45) is 2.43. The Morgan fingerprint density at radius 1 is 1.44 bits per heavy atom. The van der Waals surface area contributed by atoms with Gasteiger partial charge in [-0.1, -0.05) is 13.3 Å². The molecular formula is C13H24N2O3. The lowest BCUT2D eigenvalue weighted by Crippen LogP contribution is -2.59. The van der Waals surface area contributed by atoms with Gasteiger partial charge in [0.05, 0.1) is 5.54 Å². The van der Waals surface area contributed by atoms with E-state index < -0.39 is 17.6 Å². The van der Waals surface area contributed by atoms with E-state index >= 15 is 0 Å². The molecule has 2 N–H and O–H groups in total. The number of nitrogens with one attached hydrogen (secondary N) is 1. The zero-order valence-electron chi connectivity index (χ0n) is 11.7. The van der Waals surface area contributed by atoms with Gasteiger partial charge in [-0.25, -0.2) is 4.79 Å². The van der Waals surface area contributed by atoms with Gasteiger partial charge >= 0.3 is 5.97 Å². The molecule has 1 fully saturated rings. The molecule has 0 spiro atoms. The van der Waals surface area contributed by atoms with E-state index in [-0.39, 0.29) is 5.91 Å². The number of carbonyl (C=O) groups excluding carboxylic acids is 1. The van der Waals surface area contributed by atoms with Gasteiger partial charge in [0, 0.05) is 6.54 Å². The first-order valence-electron chi connectivity index (χ1n) is 6.56. The maximum Gasteiger partial charge on any atom is 0.326 e. The van der Waals surface area contributed by atoms with Gasteiger partial charge in [0.25, 0.3) is 0 Å². The quantitative estimate of drug-likeness (QED) is 0.790. The van der Waals surface area contributed by atoms with Crippen LogP contribution in [0, 0.1) is 5.92 Å². The summed E-state index contributed by atoms with van der Waals surface area (Å²) in [5.41, 5.74) is -0.716. The first-order chi connectivity index (χ1) is 8.33. The van der Waals surface area contributed by atoms with Crippen molar-refractivity contribution in [3.63, 3.8) is 0 Å². The van der Waals surface area contributed by atoms with E-state index in [1.807, 2.05) is 0 Å². The Kier molecular flexibility index (Phi) is 4.73. The van der Waals surface area contributed by atoms with Crippen molar-refractivity contribution >= 4 is 11.9 Å². The Morgan fingerprint density at radius 2 is 2.06 bits per heavy atom. The summed E-state index contributed by atoms with van der Waals surface area (Å²) in [7, 11) is 1.71. The molecule has 0 bridgehead atoms. The van der Waals surface area contributed by atoms with Crippen molar-refractivity contribution in [2.45, 2.75) is 51.6 Å². The van der Waals surface area contributed by atoms with Gasteiger partial charge in [0.15, 0.2) is 0 Å². The molecule has 1 saturated heterocycles. The third kappa shape index (κ3) is 3.02. The highest BCUT2D eigenvalue weighted by molar-refractivity contribution is 5.89. The number of amides is 1. The molecule has 1 aliphatic heterocycles. The van der Waals surface area contributed by atoms with Crippen LogP contribution in [0.3, 0.4) is 0 Å². The van der Waals surface area contributed by atoms with Crippen LogP contribution in [0.4, 0.5) is 0 Å². The van der Waals surface area contributed by atoms with Crippen molar-refractivity contribution in [2.75, 3.05) is 13.6 Å². The molecule has 0 aliphatic carbocycles. The largest absolute Gasteiger partial charge is 0.480 e. The van der Waals surface area contributed by atoms with Crippen LogP contribution in [-0.2, 0) is 9.59 Å². The predicted octanol–water partition coefficient (Wildman–Crippen LogP) is 1.09. The molecule has 5 nitrogen and oxygen atoms in total. The molecule has 5 heteroatoms. The summed E-state index contributed by atoms with van der Waals surface area (Å²) in [4.78, 5) is 25.2. The number of likely N-dealkylation sites (N-methyl/N-ethyl adjacent to an activating group) is 1. The van der Waals surface area contributed by atoms with Gasteiger partial charge in [-0.3, -0.25) is 4.79 Å². The molecule has 2 unspecified atom stereocenters. The van der Waals surface area contributed by atoms with Crippen LogP contribution < -0.4 is 5.32 Å². The highest BCUT2D eigenvalue weighted by atomic mass is 16.4. The number of carboxylic acids is 1. The van der Waals surface area contributed by atoms with Crippen LogP contribution in [0.1, 0.15) is 40.0 Å². The molecule has 0 aromatic heterocycles. The van der Waals surface area contributed by atoms with E-state index in [2.05, 4.69) is 12.2 Å². The molecular weight excluding hydrogens is 232 g/mol. The summed E-state index contributed by atoms with van der Waals surface area (Å²) < 4.78 is 0. The average Bonchev–Trinajstić information content (AvgIpc) is 2.36. The third-order valence-corrected chi connectivity index (χ3v) is 3.99. The minimum absolute atomic E-state index is 0.132. The van der Waals surface area contributed by atoms with E-state index in [0.29, 0.717) is 18.9 Å². The Morgan fingerprint density at radius 3 is 2.50 bits per heavy atom. The molecule has 0 saturated carbocycles. The fourth-order valence-electron chi connectivity index (χ4n) is 2.35. The van der Waals surface area contributed by atoms with Crippen LogP contribution in [0.5, 0.6) is 0 Å². The van der Waals surface area contributed by atoms with Gasteiger partial charge in [0.2, 0.25) is 5.91 Å². The Hall–Kier alpha value is -1.10. The number of rotatable bonds is 4. The predicted molar refractivity (Wildman–Crippen MR) is 69.3 cm³/mol. The van der Waals surface area contributed by atoms with Gasteiger partial charge in [-0.05, 0) is 39.7 Å². The maximum atomic E-state index is 12.4. The van der Waals surface area contributed by atoms with Crippen molar-refractivity contribution in [3.05, 3.63) is 0 Å². The van der Waals surface area contributed by atoms with Crippen LogP contribution >= 0.6 is 0 Å². The zero-order chi connectivity index (χ0) is 13.9. The summed E-state index contributed by atoms with van der Waals surface area (Å²) in [6, 6.07) is -0.677. The molecule has 2 atom stereocenters. The van der Waals surface area contributed by atoms with Crippen molar-refractivity contribution in [1.82, 2.24) is 10.2 Å². The van der Waals surface area contributed by atoms with Crippen LogP contribution in [-0.4, -0.2) is 47.1 Å². The Labute approximate surface area is 109 Å². The number of carbonyl (C=O) groups is 2. The van der Waals surface area contributed by atoms with Gasteiger partial charge in [-0.2, -0.15) is 0 Å². The molecule has 1 aliphatic rings. The SMILES string of the molecule is CCC1CCN(C(=O)C(C)(C)NC)C(C(=O)O)C1. The van der Waals surface area contributed by atoms with E-state index in [1.165, 1.54) is 4.90 Å². The minimum atomic E-state index is -0.895. The number of likely N-dealkylation sites (tertiary alicyclic amines) is 1. The summed E-state index contributed by atoms with van der Waals surface area (Å²) in [5, 5.41) is 12.2. The Bertz CT molecular complexity index is 328. The second-order valence-electron chi connectivity index (χ2n) is 5.53. The topological polar surface area (TPSA) is 69.6 Å². The lowest BCUT2D eigenvalue weighted by atomic mass is 9.87. The molecule has 1 amide bonds. The lowest BCUT2D eigenvalue weighted by molar-refractivity contribution is -0.155. The zero-order valence-corrected chi connectivity index (χ0v) is 11.7. The van der Waals surface area contributed by atoms with E-state index in [0.717, 1.165) is 12.8 Å². The number of aliphatic carboxylic acids is 1. The van der Waals surface area contributed by atoms with Crippen molar-refractivity contribution in [2.24, 2.45) is 5.92 Å². The standard InChI is InChI=1S/C13H24N2O3/c1-5-9-6-7-15(10(8-9)11(16)17)12(18)13(2,3)14-4/h9-10,14H,5-8H2,1-4H3,(H,16,17). The van der Waals surface area contributed by atoms with E-state index in [4.69, 9.17) is 0 Å². The second-order valence-corrected chi connectivity index (χ2v) is 5.53. The number of piperidine rings is 1. The number of hydrogen-bond donors (Lipinski definition) is 2. The van der Waals surface area contributed by atoms with Crippen molar-refractivity contribution in [1.29, 1.82) is 0 Å². The van der Waals surface area contributed by atoms with Crippen LogP contribution in [0.15, 0.2) is 0 Å². The number of hydrogen-bond acceptors (Lipinski definition) is 3. The van der Waals surface area contributed by atoms with Crippen LogP contribution in [0.25, 0.3) is 0 Å². The van der Waals surface area contributed by atoms with Gasteiger partial charge in [-0.15, -0.1) is 0 Å². The Balaban J connectivity index is 2.87. The first-order valence-corrected chi connectivity index (χ1v) is 6.56. The normalized spacial score (nSPS) is 25.0. The van der Waals surface area contributed by atoms with E-state index in [1.54, 1.807) is 20.9 Å². The lowest BCUT2D eigenvalue weighted by Gasteiger charge is -2.40. The molecule has 104 valence electrons. The molecule has 0 radical (unpaired) electrons. The first kappa shape index (κ1) is 15.0. The highest BCUT2D eigenvalue weighted by Gasteiger charge is 2.40. The number of carboxylic acid groups (broad SMARTS) is 1. The minimum Gasteiger partial charge on any atom is -0.480 e. The van der Waals surface area contributed by atoms with Gasteiger partial charge < -0.3 is 15.3 Å². The molecule has 18 heavy (non-hydrogen) atoms. The fraction of sp³-hybridized carbons (Fsp3) is 0.846. The maximum absolute atomic E-state index is 12.4. The summed E-state index contributed by atoms with van der Waals surface area (Å²) in [5.74, 6) is -0.617. The average molecular weight is 256 g/mol. The second kappa shape index (κ2) is 5.69. The monoisotopic (exact) mass is 256 g/mol. The fourth-order valence-corrected chi connectivity index (χ4v) is 2.35. The smallest absolute Gasteiger partial charge is 0.326 e.